The first-order chi connectivity index (χ1) is 20.5. The molecule has 0 bridgehead atoms. The Hall–Kier alpha value is -4.04. The average molecular weight is 737 g/mol. The Morgan fingerprint density at radius 1 is 0.721 bits per heavy atom. The van der Waals surface area contributed by atoms with Gasteiger partial charge in [0.05, 0.1) is 5.58 Å². The number of aromatic nitrogens is 1. The zero-order valence-corrected chi connectivity index (χ0v) is 27.3. The molecule has 0 spiro atoms. The predicted molar refractivity (Wildman–Crippen MR) is 174 cm³/mol. The summed E-state index contributed by atoms with van der Waals surface area (Å²) in [4.78, 5) is 4.38. The van der Waals surface area contributed by atoms with E-state index in [2.05, 4.69) is 99.4 Å². The van der Waals surface area contributed by atoms with Crippen LogP contribution >= 0.6 is 0 Å². The Kier molecular flexibility index (Phi) is 9.55. The molecule has 0 radical (unpaired) electrons. The summed E-state index contributed by atoms with van der Waals surface area (Å²) in [6.07, 6.45) is 9.59. The van der Waals surface area contributed by atoms with Crippen molar-refractivity contribution in [2.24, 2.45) is 0 Å². The van der Waals surface area contributed by atoms with E-state index in [9.17, 15) is 0 Å². The van der Waals surface area contributed by atoms with Crippen LogP contribution in [0, 0.1) is 18.2 Å². The van der Waals surface area contributed by atoms with Crippen LogP contribution in [-0.2, 0) is 20.1 Å². The second-order valence-corrected chi connectivity index (χ2v) is 11.2. The Morgan fingerprint density at radius 3 is 2.16 bits per heavy atom. The average Bonchev–Trinajstić information content (AvgIpc) is 3.67. The SMILES string of the molecule is CC(C)c1cccc(C(C)C)c1C1C=C[C-]=C1c1[c-]cccc1.[Ir+3].[c-]1ccc2c(oc3ccccc32)c1-c1ccccn1. The van der Waals surface area contributed by atoms with E-state index in [1.807, 2.05) is 60.7 Å². The number of allylic oxidation sites excluding steroid dienone is 4. The fraction of sp³-hybridized carbons (Fsp3) is 0.175. The molecule has 0 amide bonds. The number of furan rings is 1. The van der Waals surface area contributed by atoms with Gasteiger partial charge in [-0.25, -0.2) is 23.3 Å². The van der Waals surface area contributed by atoms with Crippen LogP contribution in [0.25, 0.3) is 38.8 Å². The predicted octanol–water partition coefficient (Wildman–Crippen LogP) is 10.7. The number of nitrogens with zero attached hydrogens (tertiary/aromatic N) is 1. The van der Waals surface area contributed by atoms with Crippen LogP contribution in [0.2, 0.25) is 0 Å². The van der Waals surface area contributed by atoms with Gasteiger partial charge in [0.25, 0.3) is 0 Å². The molecule has 4 aromatic carbocycles. The zero-order chi connectivity index (χ0) is 29.1. The number of hydrogen-bond donors (Lipinski definition) is 0. The summed E-state index contributed by atoms with van der Waals surface area (Å²) in [6, 6.07) is 39.4. The van der Waals surface area contributed by atoms with Crippen LogP contribution in [0.15, 0.2) is 120 Å². The van der Waals surface area contributed by atoms with E-state index in [1.54, 1.807) is 6.20 Å². The van der Waals surface area contributed by atoms with Crippen molar-refractivity contribution in [2.75, 3.05) is 0 Å². The maximum absolute atomic E-state index is 5.97. The van der Waals surface area contributed by atoms with Crippen molar-refractivity contribution >= 4 is 27.5 Å². The van der Waals surface area contributed by atoms with Crippen LogP contribution in [0.1, 0.15) is 67.7 Å². The van der Waals surface area contributed by atoms with Crippen molar-refractivity contribution < 1.29 is 24.5 Å². The van der Waals surface area contributed by atoms with E-state index in [4.69, 9.17) is 4.42 Å². The van der Waals surface area contributed by atoms with Gasteiger partial charge in [-0.2, -0.15) is 30.4 Å². The van der Waals surface area contributed by atoms with E-state index in [0.29, 0.717) is 11.8 Å². The molecule has 43 heavy (non-hydrogen) atoms. The summed E-state index contributed by atoms with van der Waals surface area (Å²) < 4.78 is 5.97. The fourth-order valence-electron chi connectivity index (χ4n) is 5.83. The number of fused-ring (bicyclic) bond motifs is 3. The minimum atomic E-state index is 0. The molecule has 1 atom stereocenters. The molecular weight excluding hydrogens is 703 g/mol. The van der Waals surface area contributed by atoms with Gasteiger partial charge in [0.15, 0.2) is 0 Å². The molecule has 214 valence electrons. The van der Waals surface area contributed by atoms with Gasteiger partial charge in [-0.3, -0.25) is 0 Å². The minimum Gasteiger partial charge on any atom is -0.501 e. The minimum absolute atomic E-state index is 0. The van der Waals surface area contributed by atoms with E-state index in [1.165, 1.54) is 22.3 Å². The first kappa shape index (κ1) is 30.4. The molecule has 2 aromatic heterocycles. The summed E-state index contributed by atoms with van der Waals surface area (Å²) >= 11 is 0. The standard InChI is InChI=1S/C23H24.C17H10NO.Ir/c1-16(2)19-12-8-13-20(17(3)4)23(19)22-15-9-14-21(22)18-10-6-5-7-11-18;1-2-10-16-12(6-1)13-7-5-8-14(17(13)19-16)15-9-3-4-11-18-15;/h5-10,12-13,15-17,22H,1-4H3;1-7,9-11H;/q-2;-1;+3. The van der Waals surface area contributed by atoms with Crippen molar-refractivity contribution in [1.29, 1.82) is 0 Å². The summed E-state index contributed by atoms with van der Waals surface area (Å²) in [5, 5.41) is 2.23. The van der Waals surface area contributed by atoms with Crippen LogP contribution in [0.4, 0.5) is 0 Å². The van der Waals surface area contributed by atoms with Crippen LogP contribution in [-0.4, -0.2) is 4.98 Å². The number of hydrogen-bond acceptors (Lipinski definition) is 2. The second-order valence-electron chi connectivity index (χ2n) is 11.2. The summed E-state index contributed by atoms with van der Waals surface area (Å²) in [6.45, 7) is 9.12. The summed E-state index contributed by atoms with van der Waals surface area (Å²) in [7, 11) is 0. The van der Waals surface area contributed by atoms with Gasteiger partial charge in [0.2, 0.25) is 0 Å². The smallest absolute Gasteiger partial charge is 0.501 e. The number of pyridine rings is 1. The molecule has 0 fully saturated rings. The molecule has 2 heterocycles. The quantitative estimate of drug-likeness (QED) is 0.165. The van der Waals surface area contributed by atoms with E-state index in [-0.39, 0.29) is 26.0 Å². The van der Waals surface area contributed by atoms with Crippen LogP contribution < -0.4 is 0 Å². The molecule has 1 aliphatic rings. The second kappa shape index (κ2) is 13.5. The van der Waals surface area contributed by atoms with Gasteiger partial charge < -0.3 is 9.40 Å². The van der Waals surface area contributed by atoms with Crippen molar-refractivity contribution in [1.82, 2.24) is 4.98 Å². The normalized spacial score (nSPS) is 14.1. The molecular formula is C40H34IrNO. The molecule has 3 heteroatoms. The zero-order valence-electron chi connectivity index (χ0n) is 24.9. The molecule has 0 saturated heterocycles. The van der Waals surface area contributed by atoms with Gasteiger partial charge in [-0.1, -0.05) is 98.7 Å². The third-order valence-corrected chi connectivity index (χ3v) is 7.83. The van der Waals surface area contributed by atoms with Crippen molar-refractivity contribution in [3.8, 4) is 11.3 Å². The summed E-state index contributed by atoms with van der Waals surface area (Å²) in [5.74, 6) is 1.31. The Balaban J connectivity index is 0.000000170. The maximum atomic E-state index is 5.97. The van der Waals surface area contributed by atoms with Gasteiger partial charge in [-0.05, 0) is 40.8 Å². The molecule has 7 rings (SSSR count). The largest absolute Gasteiger partial charge is 3.00 e. The van der Waals surface area contributed by atoms with E-state index < -0.39 is 0 Å². The molecule has 0 N–H and O–H groups in total. The molecule has 2 nitrogen and oxygen atoms in total. The molecule has 6 aromatic rings. The number of para-hydroxylation sites is 1. The van der Waals surface area contributed by atoms with Gasteiger partial charge in [0, 0.05) is 11.6 Å². The van der Waals surface area contributed by atoms with Crippen LogP contribution in [0.5, 0.6) is 0 Å². The Labute approximate surface area is 268 Å². The van der Waals surface area contributed by atoms with Crippen molar-refractivity contribution in [2.45, 2.75) is 45.4 Å². The van der Waals surface area contributed by atoms with Crippen molar-refractivity contribution in [3.63, 3.8) is 0 Å². The Bertz CT molecular complexity index is 1850. The van der Waals surface area contributed by atoms with Gasteiger partial charge in [0.1, 0.15) is 5.58 Å². The van der Waals surface area contributed by atoms with Crippen molar-refractivity contribution in [3.05, 3.63) is 156 Å². The fourth-order valence-corrected chi connectivity index (χ4v) is 5.83. The van der Waals surface area contributed by atoms with E-state index >= 15 is 0 Å². The topological polar surface area (TPSA) is 26.0 Å². The maximum Gasteiger partial charge on any atom is 3.00 e. The molecule has 0 saturated carbocycles. The van der Waals surface area contributed by atoms with Crippen LogP contribution in [0.3, 0.4) is 0 Å². The van der Waals surface area contributed by atoms with E-state index in [0.717, 1.165) is 38.8 Å². The molecule has 1 aliphatic carbocycles. The third kappa shape index (κ3) is 6.20. The first-order valence-corrected chi connectivity index (χ1v) is 14.7. The van der Waals surface area contributed by atoms with Gasteiger partial charge >= 0.3 is 20.1 Å². The molecule has 0 aliphatic heterocycles. The number of rotatable bonds is 5. The Morgan fingerprint density at radius 2 is 1.47 bits per heavy atom. The summed E-state index contributed by atoms with van der Waals surface area (Å²) in [5.41, 5.74) is 10.3. The third-order valence-electron chi connectivity index (χ3n) is 7.83. The molecule has 1 unspecified atom stereocenters. The number of benzene rings is 4. The monoisotopic (exact) mass is 737 g/mol. The van der Waals surface area contributed by atoms with Gasteiger partial charge in [-0.15, -0.1) is 24.3 Å². The first-order valence-electron chi connectivity index (χ1n) is 14.7.